The van der Waals surface area contributed by atoms with Crippen LogP contribution in [0.2, 0.25) is 0 Å². The molecule has 2 fully saturated rings. The maximum atomic E-state index is 16.6. The van der Waals surface area contributed by atoms with Crippen LogP contribution in [-0.4, -0.2) is 69.7 Å². The molecule has 6 rings (SSSR count). The highest BCUT2D eigenvalue weighted by molar-refractivity contribution is 6.03. The molecular formula is C33H34F2N4O5. The fourth-order valence-corrected chi connectivity index (χ4v) is 6.49. The third kappa shape index (κ3) is 5.24. The summed E-state index contributed by atoms with van der Waals surface area (Å²) in [6.45, 7) is 7.87. The number of anilines is 1. The van der Waals surface area contributed by atoms with Gasteiger partial charge < -0.3 is 19.5 Å². The van der Waals surface area contributed by atoms with Crippen LogP contribution in [0.15, 0.2) is 36.4 Å². The van der Waals surface area contributed by atoms with Gasteiger partial charge in [0.1, 0.15) is 35.1 Å². The summed E-state index contributed by atoms with van der Waals surface area (Å²) in [5.74, 6) is -0.779. The van der Waals surface area contributed by atoms with Crippen LogP contribution in [0.5, 0.6) is 11.8 Å². The molecular weight excluding hydrogens is 570 g/mol. The van der Waals surface area contributed by atoms with Crippen LogP contribution in [0.3, 0.4) is 0 Å². The summed E-state index contributed by atoms with van der Waals surface area (Å²) < 4.78 is 42.6. The Balaban J connectivity index is 1.47. The van der Waals surface area contributed by atoms with E-state index in [1.807, 2.05) is 32.6 Å². The molecule has 1 aromatic heterocycles. The predicted octanol–water partition coefficient (Wildman–Crippen LogP) is 6.16. The SMILES string of the molecule is CCc1c(F)ccc2cc(O)cc(-c3ccc4c(N5C[C@H]6CC[C@@H](C5)N6C(=O)OC(C)(C)C)nc(OCC=O)nc4c3F)c12. The topological polar surface area (TPSA) is 105 Å². The second kappa shape index (κ2) is 11.2. The minimum absolute atomic E-state index is 0.0405. The summed E-state index contributed by atoms with van der Waals surface area (Å²) in [6, 6.07) is 8.71. The first-order valence-corrected chi connectivity index (χ1v) is 14.8. The lowest BCUT2D eigenvalue weighted by Gasteiger charge is -2.42. The number of phenols is 1. The molecule has 2 atom stereocenters. The van der Waals surface area contributed by atoms with E-state index < -0.39 is 17.2 Å². The number of benzene rings is 3. The highest BCUT2D eigenvalue weighted by atomic mass is 19.1. The molecule has 0 spiro atoms. The van der Waals surface area contributed by atoms with E-state index in [1.54, 1.807) is 23.1 Å². The van der Waals surface area contributed by atoms with Gasteiger partial charge in [-0.15, -0.1) is 0 Å². The quantitative estimate of drug-likeness (QED) is 0.261. The molecule has 0 radical (unpaired) electrons. The van der Waals surface area contributed by atoms with Gasteiger partial charge in [-0.1, -0.05) is 19.1 Å². The second-order valence-corrected chi connectivity index (χ2v) is 12.3. The normalized spacial score (nSPS) is 18.2. The van der Waals surface area contributed by atoms with Crippen molar-refractivity contribution in [2.45, 2.75) is 64.6 Å². The lowest BCUT2D eigenvalue weighted by atomic mass is 9.92. The van der Waals surface area contributed by atoms with Crippen molar-refractivity contribution >= 4 is 39.9 Å². The largest absolute Gasteiger partial charge is 0.508 e. The Kier molecular flexibility index (Phi) is 7.51. The van der Waals surface area contributed by atoms with Gasteiger partial charge in [0.25, 0.3) is 0 Å². The van der Waals surface area contributed by atoms with Gasteiger partial charge in [-0.3, -0.25) is 9.69 Å². The third-order valence-electron chi connectivity index (χ3n) is 8.23. The molecule has 2 bridgehead atoms. The van der Waals surface area contributed by atoms with Gasteiger partial charge in [-0.05, 0) is 86.2 Å². The molecule has 1 amide bonds. The predicted molar refractivity (Wildman–Crippen MR) is 162 cm³/mol. The molecule has 2 saturated heterocycles. The van der Waals surface area contributed by atoms with Crippen molar-refractivity contribution in [2.24, 2.45) is 0 Å². The van der Waals surface area contributed by atoms with E-state index in [-0.39, 0.29) is 47.6 Å². The Bertz CT molecular complexity index is 1780. The van der Waals surface area contributed by atoms with E-state index in [2.05, 4.69) is 9.97 Å². The smallest absolute Gasteiger partial charge is 0.410 e. The minimum atomic E-state index is -0.698. The van der Waals surface area contributed by atoms with Crippen LogP contribution >= 0.6 is 0 Å². The van der Waals surface area contributed by atoms with Crippen LogP contribution in [0, 0.1) is 11.6 Å². The van der Waals surface area contributed by atoms with E-state index >= 15 is 4.39 Å². The molecule has 4 aromatic rings. The van der Waals surface area contributed by atoms with E-state index in [1.165, 1.54) is 18.2 Å². The van der Waals surface area contributed by atoms with Crippen molar-refractivity contribution in [1.29, 1.82) is 0 Å². The van der Waals surface area contributed by atoms with Crippen LogP contribution in [0.25, 0.3) is 32.8 Å². The van der Waals surface area contributed by atoms with Gasteiger partial charge in [-0.25, -0.2) is 13.6 Å². The zero-order valence-corrected chi connectivity index (χ0v) is 25.1. The number of hydrogen-bond donors (Lipinski definition) is 1. The molecule has 3 heterocycles. The highest BCUT2D eigenvalue weighted by Crippen LogP contribution is 2.41. The van der Waals surface area contributed by atoms with Crippen LogP contribution < -0.4 is 9.64 Å². The molecule has 0 unspecified atom stereocenters. The summed E-state index contributed by atoms with van der Waals surface area (Å²) in [5, 5.41) is 12.0. The number of nitrogens with zero attached hydrogens (tertiary/aromatic N) is 4. The summed E-state index contributed by atoms with van der Waals surface area (Å²) in [7, 11) is 0. The second-order valence-electron chi connectivity index (χ2n) is 12.3. The van der Waals surface area contributed by atoms with Crippen molar-refractivity contribution < 1.29 is 33.0 Å². The molecule has 3 aromatic carbocycles. The molecule has 2 aliphatic rings. The van der Waals surface area contributed by atoms with Crippen LogP contribution in [0.4, 0.5) is 19.4 Å². The van der Waals surface area contributed by atoms with Gasteiger partial charge in [0.05, 0.1) is 12.1 Å². The summed E-state index contributed by atoms with van der Waals surface area (Å²) in [5.41, 5.74) is 0.200. The number of piperazine rings is 1. The Morgan fingerprint density at radius 3 is 2.45 bits per heavy atom. The number of carbonyl (C=O) groups excluding carboxylic acids is 2. The van der Waals surface area contributed by atoms with Gasteiger partial charge >= 0.3 is 12.1 Å². The fourth-order valence-electron chi connectivity index (χ4n) is 6.49. The zero-order valence-electron chi connectivity index (χ0n) is 25.1. The van der Waals surface area contributed by atoms with Crippen LogP contribution in [0.1, 0.15) is 46.1 Å². The summed E-state index contributed by atoms with van der Waals surface area (Å²) in [6.07, 6.45) is 2.14. The Morgan fingerprint density at radius 1 is 1.07 bits per heavy atom. The molecule has 9 nitrogen and oxygen atoms in total. The average molecular weight is 605 g/mol. The van der Waals surface area contributed by atoms with Gasteiger partial charge in [-0.2, -0.15) is 9.97 Å². The number of hydrogen-bond acceptors (Lipinski definition) is 8. The maximum absolute atomic E-state index is 16.6. The number of carbonyl (C=O) groups is 2. The first-order valence-electron chi connectivity index (χ1n) is 14.8. The van der Waals surface area contributed by atoms with E-state index in [9.17, 15) is 19.1 Å². The number of aldehydes is 1. The van der Waals surface area contributed by atoms with Crippen molar-refractivity contribution in [3.8, 4) is 22.9 Å². The molecule has 2 aliphatic heterocycles. The standard InChI is InChI=1S/C33H34F2N4O5/c1-5-22-26(34)11-6-18-14-21(41)15-25(27(18)22)23-9-10-24-29(28(23)35)36-31(43-13-12-40)37-30(24)38-16-19-7-8-20(17-38)39(19)32(42)44-33(2,3)4/h6,9-12,14-15,19-20,41H,5,7-8,13,16-17H2,1-4H3/t19-,20+. The summed E-state index contributed by atoms with van der Waals surface area (Å²) in [4.78, 5) is 36.8. The fraction of sp³-hybridized carbons (Fsp3) is 0.394. The molecule has 11 heteroatoms. The molecule has 44 heavy (non-hydrogen) atoms. The number of aryl methyl sites for hydroxylation is 1. The molecule has 0 aliphatic carbocycles. The molecule has 230 valence electrons. The zero-order chi connectivity index (χ0) is 31.3. The summed E-state index contributed by atoms with van der Waals surface area (Å²) >= 11 is 0. The first kappa shape index (κ1) is 29.5. The molecule has 0 saturated carbocycles. The van der Waals surface area contributed by atoms with Crippen molar-refractivity contribution in [3.05, 3.63) is 53.6 Å². The molecule has 1 N–H and O–H groups in total. The van der Waals surface area contributed by atoms with Crippen molar-refractivity contribution in [1.82, 2.24) is 14.9 Å². The number of phenolic OH excluding ortho intramolecular Hbond substituents is 1. The lowest BCUT2D eigenvalue weighted by Crippen LogP contribution is -2.57. The maximum Gasteiger partial charge on any atom is 0.410 e. The van der Waals surface area contributed by atoms with E-state index in [0.717, 1.165) is 12.8 Å². The Morgan fingerprint density at radius 2 is 1.80 bits per heavy atom. The number of aromatic nitrogens is 2. The van der Waals surface area contributed by atoms with E-state index in [0.29, 0.717) is 58.9 Å². The Hall–Kier alpha value is -4.54. The Labute approximate surface area is 253 Å². The average Bonchev–Trinajstić information content (AvgIpc) is 3.24. The number of amides is 1. The van der Waals surface area contributed by atoms with Gasteiger partial charge in [0.15, 0.2) is 12.1 Å². The number of halogens is 2. The highest BCUT2D eigenvalue weighted by Gasteiger charge is 2.45. The van der Waals surface area contributed by atoms with Crippen LogP contribution in [-0.2, 0) is 16.0 Å². The van der Waals surface area contributed by atoms with Gasteiger partial charge in [0, 0.05) is 24.0 Å². The van der Waals surface area contributed by atoms with Crippen molar-refractivity contribution in [3.63, 3.8) is 0 Å². The number of rotatable bonds is 6. The van der Waals surface area contributed by atoms with E-state index in [4.69, 9.17) is 9.47 Å². The van der Waals surface area contributed by atoms with Crippen molar-refractivity contribution in [2.75, 3.05) is 24.6 Å². The number of ether oxygens (including phenoxy) is 2. The lowest BCUT2D eigenvalue weighted by molar-refractivity contribution is -0.109. The minimum Gasteiger partial charge on any atom is -0.508 e. The van der Waals surface area contributed by atoms with Gasteiger partial charge in [0.2, 0.25) is 0 Å². The first-order chi connectivity index (χ1) is 21.0. The number of aromatic hydroxyl groups is 1. The monoisotopic (exact) mass is 604 g/mol. The number of fused-ring (bicyclic) bond motifs is 4. The third-order valence-corrected chi connectivity index (χ3v) is 8.23.